The van der Waals surface area contributed by atoms with Crippen LogP contribution in [0.4, 0.5) is 0 Å². The molecule has 0 bridgehead atoms. The van der Waals surface area contributed by atoms with Crippen molar-refractivity contribution in [1.29, 1.82) is 0 Å². The molecular formula is C17H34N2O2. The molecule has 124 valence electrons. The van der Waals surface area contributed by atoms with Crippen molar-refractivity contribution in [2.24, 2.45) is 0 Å². The van der Waals surface area contributed by atoms with E-state index in [2.05, 4.69) is 31.0 Å². The van der Waals surface area contributed by atoms with Gasteiger partial charge in [-0.15, -0.1) is 0 Å². The highest BCUT2D eigenvalue weighted by molar-refractivity contribution is 4.92. The number of unbranched alkanes of at least 4 members (excludes halogenated alkanes) is 1. The van der Waals surface area contributed by atoms with Gasteiger partial charge in [0.25, 0.3) is 0 Å². The summed E-state index contributed by atoms with van der Waals surface area (Å²) in [6.45, 7) is 9.94. The second-order valence-corrected chi connectivity index (χ2v) is 7.30. The lowest BCUT2D eigenvalue weighted by molar-refractivity contribution is -0.0562. The van der Waals surface area contributed by atoms with E-state index in [0.717, 1.165) is 26.1 Å². The second-order valence-electron chi connectivity index (χ2n) is 7.30. The molecule has 0 aromatic carbocycles. The predicted molar refractivity (Wildman–Crippen MR) is 86.6 cm³/mol. The Balaban J connectivity index is 1.67. The number of nitrogens with one attached hydrogen (secondary N) is 1. The Morgan fingerprint density at radius 1 is 1.33 bits per heavy atom. The highest BCUT2D eigenvalue weighted by atomic mass is 16.5. The zero-order valence-electron chi connectivity index (χ0n) is 14.1. The first-order chi connectivity index (χ1) is 10.1. The molecule has 1 heterocycles. The molecule has 4 heteroatoms. The Morgan fingerprint density at radius 3 is 2.71 bits per heavy atom. The SMILES string of the molecule is CCC1COC(C)CN1CCCCC(C)(CO)NC1CC1. The summed E-state index contributed by atoms with van der Waals surface area (Å²) in [5, 5.41) is 13.2. The molecular weight excluding hydrogens is 264 g/mol. The van der Waals surface area contributed by atoms with Gasteiger partial charge in [-0.25, -0.2) is 0 Å². The van der Waals surface area contributed by atoms with E-state index in [9.17, 15) is 5.11 Å². The first-order valence-electron chi connectivity index (χ1n) is 8.80. The Hall–Kier alpha value is -0.160. The highest BCUT2D eigenvalue weighted by Crippen LogP contribution is 2.25. The zero-order valence-corrected chi connectivity index (χ0v) is 14.1. The number of ether oxygens (including phenoxy) is 1. The van der Waals surface area contributed by atoms with Crippen molar-refractivity contribution < 1.29 is 9.84 Å². The summed E-state index contributed by atoms with van der Waals surface area (Å²) < 4.78 is 5.76. The Morgan fingerprint density at radius 2 is 2.10 bits per heavy atom. The van der Waals surface area contributed by atoms with Gasteiger partial charge in [0, 0.05) is 24.2 Å². The number of nitrogens with zero attached hydrogens (tertiary/aromatic N) is 1. The molecule has 2 N–H and O–H groups in total. The monoisotopic (exact) mass is 298 g/mol. The minimum atomic E-state index is -0.0797. The lowest BCUT2D eigenvalue weighted by Crippen LogP contribution is -2.49. The lowest BCUT2D eigenvalue weighted by atomic mass is 9.95. The molecule has 3 atom stereocenters. The van der Waals surface area contributed by atoms with Crippen molar-refractivity contribution in [1.82, 2.24) is 10.2 Å². The second kappa shape index (κ2) is 7.91. The summed E-state index contributed by atoms with van der Waals surface area (Å²) in [5.41, 5.74) is -0.0797. The summed E-state index contributed by atoms with van der Waals surface area (Å²) in [6.07, 6.45) is 7.55. The van der Waals surface area contributed by atoms with Gasteiger partial charge in [0.1, 0.15) is 0 Å². The Labute approximate surface area is 130 Å². The molecule has 4 nitrogen and oxygen atoms in total. The van der Waals surface area contributed by atoms with Crippen LogP contribution in [0.3, 0.4) is 0 Å². The highest BCUT2D eigenvalue weighted by Gasteiger charge is 2.31. The molecule has 2 rings (SSSR count). The molecule has 0 radical (unpaired) electrons. The molecule has 1 aliphatic heterocycles. The molecule has 0 spiro atoms. The standard InChI is InChI=1S/C17H34N2O2/c1-4-16-12-21-14(2)11-19(16)10-6-5-9-17(3,13-20)18-15-7-8-15/h14-16,18,20H,4-13H2,1-3H3. The van der Waals surface area contributed by atoms with Crippen LogP contribution in [-0.4, -0.2) is 60.0 Å². The van der Waals surface area contributed by atoms with Crippen molar-refractivity contribution >= 4 is 0 Å². The first kappa shape index (κ1) is 17.2. The number of hydrogen-bond acceptors (Lipinski definition) is 4. The smallest absolute Gasteiger partial charge is 0.0674 e. The van der Waals surface area contributed by atoms with Crippen LogP contribution < -0.4 is 5.32 Å². The fourth-order valence-corrected chi connectivity index (χ4v) is 3.31. The minimum Gasteiger partial charge on any atom is -0.394 e. The average Bonchev–Trinajstić information content (AvgIpc) is 3.27. The predicted octanol–water partition coefficient (Wildman–Crippen LogP) is 2.16. The van der Waals surface area contributed by atoms with E-state index in [4.69, 9.17) is 4.74 Å². The van der Waals surface area contributed by atoms with Crippen molar-refractivity contribution in [2.75, 3.05) is 26.3 Å². The van der Waals surface area contributed by atoms with Gasteiger partial charge in [0.2, 0.25) is 0 Å². The van der Waals surface area contributed by atoms with Crippen LogP contribution in [0.2, 0.25) is 0 Å². The largest absolute Gasteiger partial charge is 0.394 e. The first-order valence-corrected chi connectivity index (χ1v) is 8.80. The lowest BCUT2D eigenvalue weighted by Gasteiger charge is -2.38. The van der Waals surface area contributed by atoms with Gasteiger partial charge < -0.3 is 15.2 Å². The fraction of sp³-hybridized carbons (Fsp3) is 1.00. The quantitative estimate of drug-likeness (QED) is 0.640. The summed E-state index contributed by atoms with van der Waals surface area (Å²) in [4.78, 5) is 2.60. The van der Waals surface area contributed by atoms with E-state index in [1.54, 1.807) is 0 Å². The van der Waals surface area contributed by atoms with Gasteiger partial charge in [-0.1, -0.05) is 13.3 Å². The average molecular weight is 298 g/mol. The molecule has 2 fully saturated rings. The van der Waals surface area contributed by atoms with Gasteiger partial charge in [-0.3, -0.25) is 4.90 Å². The fourth-order valence-electron chi connectivity index (χ4n) is 3.31. The third-order valence-corrected chi connectivity index (χ3v) is 4.96. The number of aliphatic hydroxyl groups excluding tert-OH is 1. The van der Waals surface area contributed by atoms with Crippen LogP contribution in [0.25, 0.3) is 0 Å². The third kappa shape index (κ3) is 5.51. The summed E-state index contributed by atoms with van der Waals surface area (Å²) >= 11 is 0. The van der Waals surface area contributed by atoms with Gasteiger partial charge in [-0.05, 0) is 52.5 Å². The van der Waals surface area contributed by atoms with Gasteiger partial charge in [0.15, 0.2) is 0 Å². The Bertz CT molecular complexity index is 309. The molecule has 1 saturated carbocycles. The molecule has 0 aromatic heterocycles. The summed E-state index contributed by atoms with van der Waals surface area (Å²) in [6, 6.07) is 1.25. The summed E-state index contributed by atoms with van der Waals surface area (Å²) in [5.74, 6) is 0. The van der Waals surface area contributed by atoms with Crippen LogP contribution in [0.15, 0.2) is 0 Å². The number of hydrogen-bond donors (Lipinski definition) is 2. The molecule has 2 aliphatic rings. The third-order valence-electron chi connectivity index (χ3n) is 4.96. The van der Waals surface area contributed by atoms with E-state index in [1.165, 1.54) is 32.1 Å². The number of aliphatic hydroxyl groups is 1. The molecule has 0 aromatic rings. The number of morpholine rings is 1. The van der Waals surface area contributed by atoms with E-state index in [1.807, 2.05) is 0 Å². The van der Waals surface area contributed by atoms with Crippen LogP contribution in [0.1, 0.15) is 59.3 Å². The van der Waals surface area contributed by atoms with Crippen molar-refractivity contribution in [2.45, 2.75) is 83.0 Å². The molecule has 1 saturated heterocycles. The van der Waals surface area contributed by atoms with Crippen molar-refractivity contribution in [3.8, 4) is 0 Å². The van der Waals surface area contributed by atoms with Gasteiger partial charge in [-0.2, -0.15) is 0 Å². The van der Waals surface area contributed by atoms with E-state index < -0.39 is 0 Å². The zero-order chi connectivity index (χ0) is 15.3. The molecule has 0 amide bonds. The van der Waals surface area contributed by atoms with Gasteiger partial charge in [0.05, 0.1) is 19.3 Å². The van der Waals surface area contributed by atoms with E-state index >= 15 is 0 Å². The Kier molecular flexibility index (Phi) is 6.48. The van der Waals surface area contributed by atoms with E-state index in [0.29, 0.717) is 18.2 Å². The maximum atomic E-state index is 9.64. The minimum absolute atomic E-state index is 0.0797. The molecule has 21 heavy (non-hydrogen) atoms. The van der Waals surface area contributed by atoms with Crippen molar-refractivity contribution in [3.05, 3.63) is 0 Å². The van der Waals surface area contributed by atoms with E-state index in [-0.39, 0.29) is 12.1 Å². The van der Waals surface area contributed by atoms with Crippen LogP contribution in [0.5, 0.6) is 0 Å². The van der Waals surface area contributed by atoms with Crippen LogP contribution >= 0.6 is 0 Å². The van der Waals surface area contributed by atoms with Crippen LogP contribution in [-0.2, 0) is 4.74 Å². The topological polar surface area (TPSA) is 44.7 Å². The van der Waals surface area contributed by atoms with Crippen molar-refractivity contribution in [3.63, 3.8) is 0 Å². The van der Waals surface area contributed by atoms with Crippen LogP contribution in [0, 0.1) is 0 Å². The summed E-state index contributed by atoms with van der Waals surface area (Å²) in [7, 11) is 0. The normalized spacial score (nSPS) is 30.3. The molecule has 3 unspecified atom stereocenters. The maximum absolute atomic E-state index is 9.64. The number of rotatable bonds is 9. The molecule has 1 aliphatic carbocycles. The van der Waals surface area contributed by atoms with Gasteiger partial charge >= 0.3 is 0 Å². The maximum Gasteiger partial charge on any atom is 0.0674 e.